The molecule has 0 amide bonds. The Morgan fingerprint density at radius 3 is 2.60 bits per heavy atom. The van der Waals surface area contributed by atoms with Crippen LogP contribution in [0.1, 0.15) is 66.1 Å². The van der Waals surface area contributed by atoms with Gasteiger partial charge in [0.1, 0.15) is 28.5 Å². The highest BCUT2D eigenvalue weighted by Gasteiger charge is 2.43. The first-order valence-corrected chi connectivity index (χ1v) is 14.9. The molecule has 1 N–H and O–H groups in total. The number of fused-ring (bicyclic) bond motifs is 3. The van der Waals surface area contributed by atoms with Crippen LogP contribution in [0.3, 0.4) is 0 Å². The zero-order valence-corrected chi connectivity index (χ0v) is 23.6. The Labute approximate surface area is 244 Å². The highest BCUT2D eigenvalue weighted by molar-refractivity contribution is 7.22. The summed E-state index contributed by atoms with van der Waals surface area (Å²) in [7, 11) is 1.52. The van der Waals surface area contributed by atoms with Crippen molar-refractivity contribution in [1.29, 1.82) is 0 Å². The maximum Gasteiger partial charge on any atom is 0.387 e. The van der Waals surface area contributed by atoms with Gasteiger partial charge in [0.15, 0.2) is 5.13 Å². The number of carbonyl (C=O) groups is 1. The van der Waals surface area contributed by atoms with Gasteiger partial charge in [0, 0.05) is 29.1 Å². The van der Waals surface area contributed by atoms with E-state index in [0.29, 0.717) is 22.5 Å². The summed E-state index contributed by atoms with van der Waals surface area (Å²) in [5, 5.41) is 14.6. The minimum atomic E-state index is -2.95. The molecule has 2 saturated heterocycles. The average Bonchev–Trinajstić information content (AvgIpc) is 3.49. The predicted octanol–water partition coefficient (Wildman–Crippen LogP) is 6.85. The molecule has 42 heavy (non-hydrogen) atoms. The minimum Gasteiger partial charge on any atom is -0.494 e. The Balaban J connectivity index is 1.10. The lowest BCUT2D eigenvalue weighted by Crippen LogP contribution is -2.45. The molecular weight excluding hydrogens is 568 g/mol. The van der Waals surface area contributed by atoms with Gasteiger partial charge in [-0.1, -0.05) is 28.6 Å². The van der Waals surface area contributed by atoms with Crippen LogP contribution in [0.2, 0.25) is 0 Å². The molecule has 4 heterocycles. The SMILES string of the molecule is COc1cc(C(=O)O)cc2sc(N3[C@@H]4CC[C@H]3C[C@H](OCc3c(-c5ccccc5OC(F)F)noc3C3CC3)C4)nc12. The monoisotopic (exact) mass is 597 g/mol. The molecule has 0 unspecified atom stereocenters. The van der Waals surface area contributed by atoms with E-state index in [0.717, 1.165) is 59.7 Å². The Morgan fingerprint density at radius 2 is 1.90 bits per heavy atom. The van der Waals surface area contributed by atoms with E-state index in [-0.39, 0.29) is 42.0 Å². The third kappa shape index (κ3) is 4.96. The summed E-state index contributed by atoms with van der Waals surface area (Å²) < 4.78 is 49.5. The molecule has 9 nitrogen and oxygen atoms in total. The molecular formula is C30H29F2N3O6S. The summed E-state index contributed by atoms with van der Waals surface area (Å²) in [6.07, 6.45) is 5.66. The van der Waals surface area contributed by atoms with Gasteiger partial charge in [0.25, 0.3) is 0 Å². The van der Waals surface area contributed by atoms with E-state index in [1.54, 1.807) is 24.3 Å². The van der Waals surface area contributed by atoms with Crippen molar-refractivity contribution in [1.82, 2.24) is 10.1 Å². The molecule has 2 bridgehead atoms. The first-order valence-electron chi connectivity index (χ1n) is 14.0. The normalized spacial score (nSPS) is 21.8. The Kier molecular flexibility index (Phi) is 6.97. The highest BCUT2D eigenvalue weighted by Crippen LogP contribution is 2.47. The van der Waals surface area contributed by atoms with Crippen LogP contribution in [0.5, 0.6) is 11.5 Å². The topological polar surface area (TPSA) is 107 Å². The molecule has 4 aromatic rings. The molecule has 12 heteroatoms. The number of ether oxygens (including phenoxy) is 3. The van der Waals surface area contributed by atoms with Crippen LogP contribution in [0.25, 0.3) is 21.5 Å². The molecule has 220 valence electrons. The van der Waals surface area contributed by atoms with Crippen LogP contribution in [-0.2, 0) is 11.3 Å². The number of alkyl halides is 2. The fourth-order valence-electron chi connectivity index (χ4n) is 6.35. The van der Waals surface area contributed by atoms with Crippen LogP contribution in [0.4, 0.5) is 13.9 Å². The number of hydrogen-bond donors (Lipinski definition) is 1. The van der Waals surface area contributed by atoms with Gasteiger partial charge in [-0.2, -0.15) is 8.78 Å². The summed E-state index contributed by atoms with van der Waals surface area (Å²) in [6.45, 7) is -2.68. The second kappa shape index (κ2) is 10.8. The van der Waals surface area contributed by atoms with E-state index >= 15 is 0 Å². The third-order valence-electron chi connectivity index (χ3n) is 8.41. The summed E-state index contributed by atoms with van der Waals surface area (Å²) in [5.41, 5.74) is 2.58. The molecule has 2 aromatic carbocycles. The number of rotatable bonds is 10. The highest BCUT2D eigenvalue weighted by atomic mass is 32.1. The van der Waals surface area contributed by atoms with Crippen LogP contribution in [0, 0.1) is 0 Å². The molecule has 3 aliphatic rings. The van der Waals surface area contributed by atoms with Gasteiger partial charge in [-0.25, -0.2) is 9.78 Å². The van der Waals surface area contributed by atoms with E-state index < -0.39 is 12.6 Å². The first kappa shape index (κ1) is 27.1. The number of halogens is 2. The summed E-state index contributed by atoms with van der Waals surface area (Å²) in [5.74, 6) is 0.535. The largest absolute Gasteiger partial charge is 0.494 e. The number of anilines is 1. The van der Waals surface area contributed by atoms with Crippen molar-refractivity contribution >= 4 is 32.7 Å². The Morgan fingerprint density at radius 1 is 1.14 bits per heavy atom. The number of benzene rings is 2. The van der Waals surface area contributed by atoms with Crippen molar-refractivity contribution in [3.8, 4) is 22.8 Å². The number of methoxy groups -OCH3 is 1. The van der Waals surface area contributed by atoms with Crippen LogP contribution in [0.15, 0.2) is 40.9 Å². The zero-order chi connectivity index (χ0) is 29.0. The van der Waals surface area contributed by atoms with Crippen molar-refractivity contribution in [2.75, 3.05) is 12.0 Å². The number of carboxylic acids is 1. The maximum absolute atomic E-state index is 13.1. The molecule has 2 aromatic heterocycles. The van der Waals surface area contributed by atoms with Crippen molar-refractivity contribution in [3.05, 3.63) is 53.3 Å². The van der Waals surface area contributed by atoms with Crippen molar-refractivity contribution in [3.63, 3.8) is 0 Å². The third-order valence-corrected chi connectivity index (χ3v) is 9.43. The number of thiazole rings is 1. The van der Waals surface area contributed by atoms with E-state index in [2.05, 4.69) is 10.1 Å². The van der Waals surface area contributed by atoms with Gasteiger partial charge in [0.05, 0.1) is 30.1 Å². The lowest BCUT2D eigenvalue weighted by Gasteiger charge is -2.38. The van der Waals surface area contributed by atoms with Crippen LogP contribution >= 0.6 is 11.3 Å². The lowest BCUT2D eigenvalue weighted by molar-refractivity contribution is -0.0494. The summed E-state index contributed by atoms with van der Waals surface area (Å²) >= 11 is 1.49. The van der Waals surface area contributed by atoms with Gasteiger partial charge < -0.3 is 28.7 Å². The molecule has 0 spiro atoms. The minimum absolute atomic E-state index is 0.00337. The lowest BCUT2D eigenvalue weighted by atomic mass is 10.00. The molecule has 1 saturated carbocycles. The maximum atomic E-state index is 13.1. The van der Waals surface area contributed by atoms with Crippen LogP contribution in [-0.4, -0.2) is 53.1 Å². The molecule has 1 aliphatic carbocycles. The number of piperidine rings is 1. The van der Waals surface area contributed by atoms with Gasteiger partial charge in [0.2, 0.25) is 0 Å². The van der Waals surface area contributed by atoms with E-state index in [9.17, 15) is 18.7 Å². The van der Waals surface area contributed by atoms with Gasteiger partial charge in [-0.05, 0) is 62.8 Å². The fraction of sp³-hybridized carbons (Fsp3) is 0.433. The zero-order valence-electron chi connectivity index (χ0n) is 22.8. The quantitative estimate of drug-likeness (QED) is 0.210. The van der Waals surface area contributed by atoms with Gasteiger partial charge in [-0.3, -0.25) is 0 Å². The number of aromatic carboxylic acids is 1. The van der Waals surface area contributed by atoms with Gasteiger partial charge in [-0.15, -0.1) is 0 Å². The van der Waals surface area contributed by atoms with E-state index in [4.69, 9.17) is 23.7 Å². The van der Waals surface area contributed by atoms with Crippen molar-refractivity contribution < 1.29 is 37.4 Å². The summed E-state index contributed by atoms with van der Waals surface area (Å²) in [4.78, 5) is 18.8. The smallest absolute Gasteiger partial charge is 0.387 e. The first-order chi connectivity index (χ1) is 20.4. The molecule has 2 aliphatic heterocycles. The molecule has 3 atom stereocenters. The number of carboxylic acid groups (broad SMARTS) is 1. The van der Waals surface area contributed by atoms with Crippen LogP contribution < -0.4 is 14.4 Å². The number of nitrogens with zero attached hydrogens (tertiary/aromatic N) is 3. The number of hydrogen-bond acceptors (Lipinski definition) is 9. The standard InChI is InChI=1S/C30H29F2N3O6S/c1-38-23-10-16(28(36)37)11-24-26(23)33-30(42-24)35-17-8-9-18(35)13-19(12-17)39-14-21-25(34-41-27(21)15-6-7-15)20-4-2-3-5-22(20)40-29(31)32/h2-5,10-11,15,17-19,29H,6-9,12-14H2,1H3,(H,36,37)/t17-,18+,19-. The molecule has 0 radical (unpaired) electrons. The van der Waals surface area contributed by atoms with E-state index in [1.807, 2.05) is 0 Å². The Bertz CT molecular complexity index is 1620. The number of para-hydroxylation sites is 1. The average molecular weight is 598 g/mol. The van der Waals surface area contributed by atoms with Gasteiger partial charge >= 0.3 is 12.6 Å². The number of aromatic nitrogens is 2. The molecule has 7 rings (SSSR count). The molecule has 3 fully saturated rings. The predicted molar refractivity (Wildman–Crippen MR) is 151 cm³/mol. The Hall–Kier alpha value is -3.77. The van der Waals surface area contributed by atoms with Crippen molar-refractivity contribution in [2.45, 2.75) is 75.8 Å². The summed E-state index contributed by atoms with van der Waals surface area (Å²) in [6, 6.07) is 10.3. The fourth-order valence-corrected chi connectivity index (χ4v) is 7.52. The van der Waals surface area contributed by atoms with Crippen molar-refractivity contribution in [2.24, 2.45) is 0 Å². The van der Waals surface area contributed by atoms with E-state index in [1.165, 1.54) is 30.6 Å². The second-order valence-electron chi connectivity index (χ2n) is 11.0. The second-order valence-corrected chi connectivity index (χ2v) is 12.1.